The van der Waals surface area contributed by atoms with Crippen LogP contribution in [0.5, 0.6) is 0 Å². The number of carbonyl (C=O) groups is 1. The van der Waals surface area contributed by atoms with Crippen LogP contribution >= 0.6 is 0 Å². The number of anilines is 1. The van der Waals surface area contributed by atoms with Gasteiger partial charge in [-0.2, -0.15) is 0 Å². The average molecular weight is 232 g/mol. The fraction of sp³-hybridized carbons (Fsp3) is 0.308. The summed E-state index contributed by atoms with van der Waals surface area (Å²) in [5.41, 5.74) is 7.55. The predicted molar refractivity (Wildman–Crippen MR) is 67.6 cm³/mol. The summed E-state index contributed by atoms with van der Waals surface area (Å²) < 4.78 is 6.93. The Labute approximate surface area is 100.0 Å². The minimum atomic E-state index is -0.162. The van der Waals surface area contributed by atoms with Crippen molar-refractivity contribution in [2.75, 3.05) is 12.3 Å². The molecule has 0 fully saturated rings. The van der Waals surface area contributed by atoms with Crippen molar-refractivity contribution in [1.29, 1.82) is 0 Å². The van der Waals surface area contributed by atoms with Crippen molar-refractivity contribution in [3.63, 3.8) is 0 Å². The van der Waals surface area contributed by atoms with Gasteiger partial charge in [-0.3, -0.25) is 4.79 Å². The number of carbonyl (C=O) groups excluding carboxylic acids is 1. The van der Waals surface area contributed by atoms with Gasteiger partial charge in [0.05, 0.1) is 13.0 Å². The predicted octanol–water partition coefficient (Wildman–Crippen LogP) is 2.18. The van der Waals surface area contributed by atoms with E-state index in [-0.39, 0.29) is 5.97 Å². The molecular formula is C13H16N2O2. The minimum Gasteiger partial charge on any atom is -0.466 e. The quantitative estimate of drug-likeness (QED) is 0.649. The number of esters is 1. The van der Waals surface area contributed by atoms with Crippen LogP contribution in [0.15, 0.2) is 30.5 Å². The molecule has 2 N–H and O–H groups in total. The van der Waals surface area contributed by atoms with Crippen molar-refractivity contribution in [3.05, 3.63) is 30.5 Å². The van der Waals surface area contributed by atoms with E-state index in [0.717, 1.165) is 16.6 Å². The van der Waals surface area contributed by atoms with E-state index in [4.69, 9.17) is 10.5 Å². The van der Waals surface area contributed by atoms with Gasteiger partial charge in [0.25, 0.3) is 0 Å². The van der Waals surface area contributed by atoms with E-state index in [0.29, 0.717) is 19.6 Å². The standard InChI is InChI=1S/C13H16N2O2/c1-2-17-13(16)6-8-15-7-5-10-9-11(14)3-4-12(10)15/h3-5,7,9H,2,6,8,14H2,1H3. The number of fused-ring (bicyclic) bond motifs is 1. The maximum atomic E-state index is 11.3. The molecule has 0 aliphatic heterocycles. The van der Waals surface area contributed by atoms with Gasteiger partial charge in [0.1, 0.15) is 0 Å². The highest BCUT2D eigenvalue weighted by atomic mass is 16.5. The Balaban J connectivity index is 2.11. The number of nitrogen functional groups attached to an aromatic ring is 1. The molecule has 0 saturated heterocycles. The number of ether oxygens (including phenoxy) is 1. The number of hydrogen-bond acceptors (Lipinski definition) is 3. The molecule has 90 valence electrons. The Hall–Kier alpha value is -1.97. The normalized spacial score (nSPS) is 10.6. The molecule has 4 nitrogen and oxygen atoms in total. The molecule has 0 radical (unpaired) electrons. The van der Waals surface area contributed by atoms with Crippen LogP contribution in [0.4, 0.5) is 5.69 Å². The Kier molecular flexibility index (Phi) is 3.32. The summed E-state index contributed by atoms with van der Waals surface area (Å²) in [5, 5.41) is 1.09. The van der Waals surface area contributed by atoms with Gasteiger partial charge in [0, 0.05) is 29.3 Å². The van der Waals surface area contributed by atoms with Crippen LogP contribution in [-0.4, -0.2) is 17.1 Å². The zero-order chi connectivity index (χ0) is 12.3. The van der Waals surface area contributed by atoms with Crippen LogP contribution in [-0.2, 0) is 16.1 Å². The van der Waals surface area contributed by atoms with Crippen LogP contribution in [0.3, 0.4) is 0 Å². The second-order valence-electron chi connectivity index (χ2n) is 3.88. The molecule has 0 aliphatic carbocycles. The highest BCUT2D eigenvalue weighted by Gasteiger charge is 2.05. The first kappa shape index (κ1) is 11.5. The molecule has 0 atom stereocenters. The Bertz CT molecular complexity index is 531. The molecule has 4 heteroatoms. The lowest BCUT2D eigenvalue weighted by Gasteiger charge is -2.05. The van der Waals surface area contributed by atoms with Crippen LogP contribution < -0.4 is 5.73 Å². The Morgan fingerprint density at radius 2 is 2.24 bits per heavy atom. The van der Waals surface area contributed by atoms with Gasteiger partial charge < -0.3 is 15.0 Å². The van der Waals surface area contributed by atoms with Crippen molar-refractivity contribution in [3.8, 4) is 0 Å². The summed E-state index contributed by atoms with van der Waals surface area (Å²) in [4.78, 5) is 11.3. The maximum Gasteiger partial charge on any atom is 0.307 e. The van der Waals surface area contributed by atoms with Gasteiger partial charge >= 0.3 is 5.97 Å². The number of aryl methyl sites for hydroxylation is 1. The molecule has 0 unspecified atom stereocenters. The SMILES string of the molecule is CCOC(=O)CCn1ccc2cc(N)ccc21. The van der Waals surface area contributed by atoms with Crippen LogP contribution in [0.25, 0.3) is 10.9 Å². The first-order valence-corrected chi connectivity index (χ1v) is 5.70. The summed E-state index contributed by atoms with van der Waals surface area (Å²) in [5.74, 6) is -0.162. The first-order valence-electron chi connectivity index (χ1n) is 5.70. The molecule has 2 rings (SSSR count). The summed E-state index contributed by atoms with van der Waals surface area (Å²) in [6.07, 6.45) is 2.35. The summed E-state index contributed by atoms with van der Waals surface area (Å²) in [6, 6.07) is 7.76. The number of aromatic nitrogens is 1. The fourth-order valence-corrected chi connectivity index (χ4v) is 1.86. The molecule has 2 aromatic rings. The average Bonchev–Trinajstić information content (AvgIpc) is 2.69. The molecule has 0 aliphatic rings. The van der Waals surface area contributed by atoms with E-state index in [1.807, 2.05) is 42.0 Å². The molecular weight excluding hydrogens is 216 g/mol. The van der Waals surface area contributed by atoms with Crippen LogP contribution in [0.2, 0.25) is 0 Å². The third-order valence-electron chi connectivity index (χ3n) is 2.66. The number of hydrogen-bond donors (Lipinski definition) is 1. The van der Waals surface area contributed by atoms with Gasteiger partial charge in [-0.15, -0.1) is 0 Å². The van der Waals surface area contributed by atoms with Crippen molar-refractivity contribution < 1.29 is 9.53 Å². The van der Waals surface area contributed by atoms with Crippen molar-refractivity contribution in [2.24, 2.45) is 0 Å². The minimum absolute atomic E-state index is 0.162. The zero-order valence-corrected chi connectivity index (χ0v) is 9.85. The van der Waals surface area contributed by atoms with Crippen molar-refractivity contribution >= 4 is 22.6 Å². The van der Waals surface area contributed by atoms with E-state index >= 15 is 0 Å². The van der Waals surface area contributed by atoms with E-state index in [1.165, 1.54) is 0 Å². The molecule has 0 bridgehead atoms. The summed E-state index contributed by atoms with van der Waals surface area (Å²) in [6.45, 7) is 2.87. The van der Waals surface area contributed by atoms with E-state index < -0.39 is 0 Å². The molecule has 0 saturated carbocycles. The van der Waals surface area contributed by atoms with Gasteiger partial charge in [0.2, 0.25) is 0 Å². The smallest absolute Gasteiger partial charge is 0.307 e. The van der Waals surface area contributed by atoms with Gasteiger partial charge in [-0.05, 0) is 31.2 Å². The molecule has 0 spiro atoms. The van der Waals surface area contributed by atoms with Crippen LogP contribution in [0, 0.1) is 0 Å². The highest BCUT2D eigenvalue weighted by molar-refractivity contribution is 5.83. The van der Waals surface area contributed by atoms with E-state index in [9.17, 15) is 4.79 Å². The Morgan fingerprint density at radius 1 is 1.41 bits per heavy atom. The second kappa shape index (κ2) is 4.91. The third kappa shape index (κ3) is 2.58. The van der Waals surface area contributed by atoms with Gasteiger partial charge in [-0.1, -0.05) is 0 Å². The third-order valence-corrected chi connectivity index (χ3v) is 2.66. The lowest BCUT2D eigenvalue weighted by Crippen LogP contribution is -2.08. The second-order valence-corrected chi connectivity index (χ2v) is 3.88. The molecule has 1 aromatic heterocycles. The summed E-state index contributed by atoms with van der Waals surface area (Å²) >= 11 is 0. The molecule has 1 aromatic carbocycles. The zero-order valence-electron chi connectivity index (χ0n) is 9.85. The first-order chi connectivity index (χ1) is 8.20. The van der Waals surface area contributed by atoms with Gasteiger partial charge in [-0.25, -0.2) is 0 Å². The topological polar surface area (TPSA) is 57.2 Å². The van der Waals surface area contributed by atoms with Crippen molar-refractivity contribution in [1.82, 2.24) is 4.57 Å². The highest BCUT2D eigenvalue weighted by Crippen LogP contribution is 2.19. The van der Waals surface area contributed by atoms with Crippen molar-refractivity contribution in [2.45, 2.75) is 19.9 Å². The largest absolute Gasteiger partial charge is 0.466 e. The van der Waals surface area contributed by atoms with E-state index in [2.05, 4.69) is 0 Å². The maximum absolute atomic E-state index is 11.3. The lowest BCUT2D eigenvalue weighted by atomic mass is 10.2. The number of rotatable bonds is 4. The fourth-order valence-electron chi connectivity index (χ4n) is 1.86. The van der Waals surface area contributed by atoms with Gasteiger partial charge in [0.15, 0.2) is 0 Å². The Morgan fingerprint density at radius 3 is 3.00 bits per heavy atom. The summed E-state index contributed by atoms with van der Waals surface area (Å²) in [7, 11) is 0. The lowest BCUT2D eigenvalue weighted by molar-refractivity contribution is -0.143. The number of nitrogens with zero attached hydrogens (tertiary/aromatic N) is 1. The number of benzene rings is 1. The monoisotopic (exact) mass is 232 g/mol. The number of nitrogens with two attached hydrogens (primary N) is 1. The molecule has 0 amide bonds. The molecule has 17 heavy (non-hydrogen) atoms. The molecule has 1 heterocycles. The van der Waals surface area contributed by atoms with Crippen LogP contribution in [0.1, 0.15) is 13.3 Å². The van der Waals surface area contributed by atoms with E-state index in [1.54, 1.807) is 0 Å².